The first-order valence-corrected chi connectivity index (χ1v) is 9.09. The molecule has 24 heavy (non-hydrogen) atoms. The number of carbonyl (C=O) groups excluding carboxylic acids is 1. The number of ether oxygens (including phenoxy) is 1. The van der Waals surface area contributed by atoms with Crippen LogP contribution in [0.15, 0.2) is 30.3 Å². The number of nitrogens with zero attached hydrogens (tertiary/aromatic N) is 1. The fourth-order valence-corrected chi connectivity index (χ4v) is 2.90. The number of carbonyl (C=O) groups is 2. The van der Waals surface area contributed by atoms with Gasteiger partial charge in [0.05, 0.1) is 0 Å². The molecule has 0 fully saturated rings. The molecule has 1 aromatic carbocycles. The van der Waals surface area contributed by atoms with E-state index in [1.54, 1.807) is 13.8 Å². The molecular weight excluding hydrogens is 583 g/mol. The molecule has 138 valence electrons. The van der Waals surface area contributed by atoms with Gasteiger partial charge in [0, 0.05) is 22.9 Å². The third kappa shape index (κ3) is 9.02. The van der Waals surface area contributed by atoms with Crippen molar-refractivity contribution in [2.75, 3.05) is 0 Å². The molecule has 2 unspecified atom stereocenters. The van der Waals surface area contributed by atoms with E-state index in [-0.39, 0.29) is 34.9 Å². The van der Waals surface area contributed by atoms with Gasteiger partial charge in [-0.15, -0.1) is 24.8 Å². The first kappa shape index (κ1) is 26.4. The number of esters is 1. The van der Waals surface area contributed by atoms with Gasteiger partial charge in [-0.3, -0.25) is 9.59 Å². The van der Waals surface area contributed by atoms with Crippen LogP contribution >= 0.6 is 70.3 Å². The normalized spacial score (nSPS) is 13.9. The number of aliphatic carboxylic acids is 1. The van der Waals surface area contributed by atoms with Crippen LogP contribution in [-0.4, -0.2) is 36.4 Å². The SMILES string of the molecule is CC(I)OC(=O)[C@H](CCc1ccccc1)N(I)C(C)C(=O)O.Cl.Cl. The minimum Gasteiger partial charge on any atom is -0.480 e. The summed E-state index contributed by atoms with van der Waals surface area (Å²) in [7, 11) is 0. The van der Waals surface area contributed by atoms with Gasteiger partial charge in [-0.2, -0.15) is 0 Å². The van der Waals surface area contributed by atoms with Crippen molar-refractivity contribution >= 4 is 82.2 Å². The Hall–Kier alpha value is 0.160. The number of aryl methyl sites for hydroxylation is 1. The second kappa shape index (κ2) is 13.4. The van der Waals surface area contributed by atoms with Crippen molar-refractivity contribution < 1.29 is 19.4 Å². The summed E-state index contributed by atoms with van der Waals surface area (Å²) in [5.74, 6) is -1.35. The molecule has 0 radical (unpaired) electrons. The van der Waals surface area contributed by atoms with E-state index in [2.05, 4.69) is 0 Å². The largest absolute Gasteiger partial charge is 0.480 e. The fraction of sp³-hybridized carbons (Fsp3) is 0.467. The van der Waals surface area contributed by atoms with Crippen molar-refractivity contribution in [3.05, 3.63) is 35.9 Å². The fourth-order valence-electron chi connectivity index (χ4n) is 1.90. The molecule has 0 saturated carbocycles. The summed E-state index contributed by atoms with van der Waals surface area (Å²) in [4.78, 5) is 23.4. The molecule has 0 spiro atoms. The van der Waals surface area contributed by atoms with Crippen molar-refractivity contribution in [3.63, 3.8) is 0 Å². The van der Waals surface area contributed by atoms with E-state index in [1.807, 2.05) is 75.8 Å². The molecule has 0 aliphatic carbocycles. The van der Waals surface area contributed by atoms with Crippen molar-refractivity contribution in [3.8, 4) is 0 Å². The monoisotopic (exact) mass is 603 g/mol. The number of benzene rings is 1. The maximum atomic E-state index is 12.3. The Morgan fingerprint density at radius 3 is 2.21 bits per heavy atom. The summed E-state index contributed by atoms with van der Waals surface area (Å²) in [5, 5.41) is 9.15. The van der Waals surface area contributed by atoms with Crippen LogP contribution in [0.2, 0.25) is 0 Å². The predicted octanol–water partition coefficient (Wildman–Crippen LogP) is 4.28. The molecule has 1 N–H and O–H groups in total. The lowest BCUT2D eigenvalue weighted by Crippen LogP contribution is -2.44. The standard InChI is InChI=1S/C15H19I2NO4.2ClH/c1-10(14(19)20)18(17)13(15(21)22-11(2)16)9-8-12-6-4-3-5-7-12;;/h3-7,10-11,13H,8-9H2,1-2H3,(H,19,20);2*1H/t10?,11?,13-;;/m0../s1. The van der Waals surface area contributed by atoms with Crippen molar-refractivity contribution in [1.29, 1.82) is 0 Å². The Morgan fingerprint density at radius 2 is 1.75 bits per heavy atom. The van der Waals surface area contributed by atoms with Gasteiger partial charge in [-0.1, -0.05) is 30.3 Å². The minimum absolute atomic E-state index is 0. The Bertz CT molecular complexity index is 506. The molecule has 0 heterocycles. The second-order valence-electron chi connectivity index (χ2n) is 4.88. The predicted molar refractivity (Wildman–Crippen MR) is 116 cm³/mol. The van der Waals surface area contributed by atoms with Crippen LogP contribution in [0.1, 0.15) is 25.8 Å². The number of carboxylic acid groups (broad SMARTS) is 1. The molecule has 3 atom stereocenters. The third-order valence-electron chi connectivity index (χ3n) is 3.13. The van der Waals surface area contributed by atoms with E-state index in [1.165, 1.54) is 3.11 Å². The highest BCUT2D eigenvalue weighted by molar-refractivity contribution is 14.1. The lowest BCUT2D eigenvalue weighted by atomic mass is 10.0. The molecule has 1 rings (SSSR count). The smallest absolute Gasteiger partial charge is 0.325 e. The van der Waals surface area contributed by atoms with E-state index in [0.717, 1.165) is 5.56 Å². The molecule has 0 aromatic heterocycles. The average molecular weight is 604 g/mol. The van der Waals surface area contributed by atoms with E-state index >= 15 is 0 Å². The van der Waals surface area contributed by atoms with E-state index in [4.69, 9.17) is 9.84 Å². The van der Waals surface area contributed by atoms with Gasteiger partial charge in [-0.05, 0) is 54.8 Å². The number of hydrogen-bond donors (Lipinski definition) is 1. The number of alkyl halides is 1. The molecule has 0 saturated heterocycles. The summed E-state index contributed by atoms with van der Waals surface area (Å²) < 4.78 is 6.54. The van der Waals surface area contributed by atoms with Gasteiger partial charge in [-0.25, -0.2) is 3.11 Å². The first-order valence-electron chi connectivity index (χ1n) is 6.88. The van der Waals surface area contributed by atoms with Gasteiger partial charge in [0.2, 0.25) is 0 Å². The molecule has 9 heteroatoms. The van der Waals surface area contributed by atoms with Crippen molar-refractivity contribution in [2.45, 2.75) is 42.9 Å². The van der Waals surface area contributed by atoms with Crippen molar-refractivity contribution in [1.82, 2.24) is 3.11 Å². The zero-order valence-electron chi connectivity index (χ0n) is 13.2. The maximum Gasteiger partial charge on any atom is 0.325 e. The Kier molecular flexibility index (Phi) is 14.7. The summed E-state index contributed by atoms with van der Waals surface area (Å²) in [6.45, 7) is 3.33. The Balaban J connectivity index is 0. The third-order valence-corrected chi connectivity index (χ3v) is 4.89. The lowest BCUT2D eigenvalue weighted by molar-refractivity contribution is -0.150. The average Bonchev–Trinajstić information content (AvgIpc) is 2.46. The minimum atomic E-state index is -0.963. The number of halogens is 4. The summed E-state index contributed by atoms with van der Waals surface area (Å²) >= 11 is 3.90. The van der Waals surface area contributed by atoms with Crippen LogP contribution in [0.5, 0.6) is 0 Å². The summed E-state index contributed by atoms with van der Waals surface area (Å²) in [6, 6.07) is 8.43. The van der Waals surface area contributed by atoms with Crippen LogP contribution in [0.3, 0.4) is 0 Å². The van der Waals surface area contributed by atoms with Crippen molar-refractivity contribution in [2.24, 2.45) is 0 Å². The lowest BCUT2D eigenvalue weighted by Gasteiger charge is -2.27. The van der Waals surface area contributed by atoms with E-state index in [0.29, 0.717) is 12.8 Å². The highest BCUT2D eigenvalue weighted by Crippen LogP contribution is 2.20. The van der Waals surface area contributed by atoms with Crippen LogP contribution in [0.25, 0.3) is 0 Å². The Labute approximate surface area is 182 Å². The van der Waals surface area contributed by atoms with Gasteiger partial charge in [0.15, 0.2) is 0 Å². The van der Waals surface area contributed by atoms with E-state index in [9.17, 15) is 9.59 Å². The number of carboxylic acids is 1. The first-order chi connectivity index (χ1) is 10.3. The van der Waals surface area contributed by atoms with Crippen LogP contribution in [-0.2, 0) is 20.7 Å². The summed E-state index contributed by atoms with van der Waals surface area (Å²) in [5.41, 5.74) is 1.11. The van der Waals surface area contributed by atoms with Crippen LogP contribution in [0.4, 0.5) is 0 Å². The van der Waals surface area contributed by atoms with Gasteiger partial charge in [0.1, 0.15) is 16.2 Å². The maximum absolute atomic E-state index is 12.3. The number of hydrogen-bond acceptors (Lipinski definition) is 4. The van der Waals surface area contributed by atoms with Gasteiger partial charge in [0.25, 0.3) is 0 Å². The van der Waals surface area contributed by atoms with Crippen LogP contribution in [0, 0.1) is 0 Å². The molecule has 0 bridgehead atoms. The quantitative estimate of drug-likeness (QED) is 0.208. The topological polar surface area (TPSA) is 66.8 Å². The summed E-state index contributed by atoms with van der Waals surface area (Å²) in [6.07, 6.45) is 1.19. The van der Waals surface area contributed by atoms with Crippen LogP contribution < -0.4 is 0 Å². The zero-order chi connectivity index (χ0) is 16.7. The molecule has 0 aliphatic heterocycles. The highest BCUT2D eigenvalue weighted by atomic mass is 127. The number of rotatable bonds is 8. The highest BCUT2D eigenvalue weighted by Gasteiger charge is 2.32. The van der Waals surface area contributed by atoms with E-state index < -0.39 is 18.1 Å². The molecular formula is C15H21Cl2I2NO4. The Morgan fingerprint density at radius 1 is 1.21 bits per heavy atom. The van der Waals surface area contributed by atoms with Gasteiger partial charge >= 0.3 is 11.9 Å². The molecule has 0 amide bonds. The molecule has 1 aromatic rings. The second-order valence-corrected chi connectivity index (χ2v) is 7.75. The molecule has 5 nitrogen and oxygen atoms in total. The van der Waals surface area contributed by atoms with Gasteiger partial charge < -0.3 is 9.84 Å². The molecule has 0 aliphatic rings. The zero-order valence-corrected chi connectivity index (χ0v) is 19.2.